The maximum Gasteiger partial charge on any atom is 0.248 e. The van der Waals surface area contributed by atoms with Crippen molar-refractivity contribution in [2.45, 2.75) is 44.2 Å². The first-order valence-corrected chi connectivity index (χ1v) is 9.04. The minimum Gasteiger partial charge on any atom is -0.381 e. The fraction of sp³-hybridized carbons (Fsp3) is 0.667. The summed E-state index contributed by atoms with van der Waals surface area (Å²) >= 11 is 0. The highest BCUT2D eigenvalue weighted by Gasteiger charge is 2.36. The lowest BCUT2D eigenvalue weighted by atomic mass is 9.82. The predicted octanol–water partition coefficient (Wildman–Crippen LogP) is 0.883. The lowest BCUT2D eigenvalue weighted by molar-refractivity contribution is -0.128. The molecule has 24 heavy (non-hydrogen) atoms. The molecule has 0 aromatic carbocycles. The van der Waals surface area contributed by atoms with E-state index in [1.807, 2.05) is 6.07 Å². The summed E-state index contributed by atoms with van der Waals surface area (Å²) in [5.74, 6) is 0.565. The molecule has 1 aliphatic carbocycles. The molecule has 6 heteroatoms. The molecule has 1 amide bonds. The van der Waals surface area contributed by atoms with Crippen LogP contribution in [0.2, 0.25) is 0 Å². The summed E-state index contributed by atoms with van der Waals surface area (Å²) in [4.78, 5) is 27.2. The molecular formula is C18H25N3O3. The van der Waals surface area contributed by atoms with Gasteiger partial charge in [-0.3, -0.25) is 9.59 Å². The summed E-state index contributed by atoms with van der Waals surface area (Å²) < 4.78 is 5.57. The number of aryl methyl sites for hydroxylation is 1. The van der Waals surface area contributed by atoms with Gasteiger partial charge in [-0.2, -0.15) is 0 Å². The molecule has 6 nitrogen and oxygen atoms in total. The van der Waals surface area contributed by atoms with Crippen molar-refractivity contribution in [2.75, 3.05) is 19.8 Å². The highest BCUT2D eigenvalue weighted by molar-refractivity contribution is 5.79. The van der Waals surface area contributed by atoms with E-state index >= 15 is 0 Å². The number of nitrogens with one attached hydrogen (secondary N) is 3. The second kappa shape index (κ2) is 6.69. The summed E-state index contributed by atoms with van der Waals surface area (Å²) in [5.41, 5.74) is 1.97. The van der Waals surface area contributed by atoms with Gasteiger partial charge in [0.15, 0.2) is 0 Å². The Balaban J connectivity index is 1.43. The zero-order valence-corrected chi connectivity index (χ0v) is 13.8. The number of amides is 1. The van der Waals surface area contributed by atoms with Crippen LogP contribution in [0.4, 0.5) is 0 Å². The van der Waals surface area contributed by atoms with E-state index in [1.54, 1.807) is 6.07 Å². The zero-order chi connectivity index (χ0) is 16.5. The van der Waals surface area contributed by atoms with Gasteiger partial charge in [-0.15, -0.1) is 0 Å². The number of hydrogen-bond donors (Lipinski definition) is 3. The Bertz CT molecular complexity index is 672. The molecule has 0 radical (unpaired) electrons. The Morgan fingerprint density at radius 3 is 3.12 bits per heavy atom. The first kappa shape index (κ1) is 15.8. The van der Waals surface area contributed by atoms with Gasteiger partial charge in [-0.1, -0.05) is 0 Å². The second-order valence-electron chi connectivity index (χ2n) is 7.28. The predicted molar refractivity (Wildman–Crippen MR) is 89.7 cm³/mol. The Morgan fingerprint density at radius 1 is 1.29 bits per heavy atom. The number of rotatable bonds is 2. The van der Waals surface area contributed by atoms with Crippen LogP contribution in [0.25, 0.3) is 0 Å². The van der Waals surface area contributed by atoms with Crippen molar-refractivity contribution in [2.24, 2.45) is 11.8 Å². The Hall–Kier alpha value is -1.66. The van der Waals surface area contributed by atoms with Crippen molar-refractivity contribution in [3.8, 4) is 0 Å². The van der Waals surface area contributed by atoms with Gasteiger partial charge in [0, 0.05) is 31.0 Å². The van der Waals surface area contributed by atoms with Gasteiger partial charge in [0.05, 0.1) is 18.6 Å². The Morgan fingerprint density at radius 2 is 2.21 bits per heavy atom. The Kier molecular flexibility index (Phi) is 4.41. The van der Waals surface area contributed by atoms with Crippen molar-refractivity contribution in [3.05, 3.63) is 33.7 Å². The molecule has 4 rings (SSSR count). The fourth-order valence-electron chi connectivity index (χ4n) is 4.38. The molecular weight excluding hydrogens is 306 g/mol. The molecule has 4 atom stereocenters. The number of carbonyl (C=O) groups is 1. The second-order valence-corrected chi connectivity index (χ2v) is 7.28. The highest BCUT2D eigenvalue weighted by Crippen LogP contribution is 2.30. The molecule has 0 bridgehead atoms. The van der Waals surface area contributed by atoms with Crippen molar-refractivity contribution in [3.63, 3.8) is 0 Å². The third kappa shape index (κ3) is 3.13. The van der Waals surface area contributed by atoms with Crippen LogP contribution < -0.4 is 16.2 Å². The van der Waals surface area contributed by atoms with E-state index < -0.39 is 0 Å². The highest BCUT2D eigenvalue weighted by atomic mass is 16.5. The van der Waals surface area contributed by atoms with E-state index in [2.05, 4.69) is 15.6 Å². The lowest BCUT2D eigenvalue weighted by Crippen LogP contribution is -2.53. The van der Waals surface area contributed by atoms with Crippen LogP contribution in [-0.4, -0.2) is 36.7 Å². The molecule has 1 aromatic rings. The first-order valence-electron chi connectivity index (χ1n) is 9.04. The average molecular weight is 331 g/mol. The molecule has 2 saturated heterocycles. The van der Waals surface area contributed by atoms with E-state index in [1.165, 1.54) is 0 Å². The number of carbonyl (C=O) groups excluding carboxylic acids is 1. The normalized spacial score (nSPS) is 32.5. The van der Waals surface area contributed by atoms with E-state index in [0.717, 1.165) is 63.1 Å². The van der Waals surface area contributed by atoms with Gasteiger partial charge in [0.25, 0.3) is 0 Å². The van der Waals surface area contributed by atoms with Crippen LogP contribution >= 0.6 is 0 Å². The average Bonchev–Trinajstić information content (AvgIpc) is 2.61. The SMILES string of the molecule is O=C(NC1CCCc2[nH]c(=O)ccc21)C1CNC2CCOCC2C1. The summed E-state index contributed by atoms with van der Waals surface area (Å²) in [7, 11) is 0. The third-order valence-electron chi connectivity index (χ3n) is 5.71. The maximum absolute atomic E-state index is 12.8. The monoisotopic (exact) mass is 331 g/mol. The van der Waals surface area contributed by atoms with E-state index in [9.17, 15) is 9.59 Å². The topological polar surface area (TPSA) is 83.2 Å². The van der Waals surface area contributed by atoms with Gasteiger partial charge < -0.3 is 20.4 Å². The third-order valence-corrected chi connectivity index (χ3v) is 5.71. The molecule has 1 aromatic heterocycles. The number of hydrogen-bond acceptors (Lipinski definition) is 4. The van der Waals surface area contributed by atoms with Crippen LogP contribution in [0.1, 0.15) is 43.0 Å². The Labute approximate surface area is 141 Å². The van der Waals surface area contributed by atoms with Crippen LogP contribution in [0.15, 0.2) is 16.9 Å². The zero-order valence-electron chi connectivity index (χ0n) is 13.8. The first-order chi connectivity index (χ1) is 11.7. The van der Waals surface area contributed by atoms with Crippen LogP contribution in [0.5, 0.6) is 0 Å². The molecule has 3 N–H and O–H groups in total. The van der Waals surface area contributed by atoms with Gasteiger partial charge in [-0.25, -0.2) is 0 Å². The number of aromatic amines is 1. The number of pyridine rings is 1. The number of ether oxygens (including phenoxy) is 1. The number of piperidine rings is 1. The van der Waals surface area contributed by atoms with Gasteiger partial charge >= 0.3 is 0 Å². The molecule has 3 aliphatic rings. The molecule has 4 unspecified atom stereocenters. The van der Waals surface area contributed by atoms with Crippen LogP contribution in [0, 0.1) is 11.8 Å². The molecule has 0 spiro atoms. The fourth-order valence-corrected chi connectivity index (χ4v) is 4.38. The molecule has 2 fully saturated rings. The van der Waals surface area contributed by atoms with Gasteiger partial charge in [-0.05, 0) is 49.7 Å². The summed E-state index contributed by atoms with van der Waals surface area (Å²) in [6.07, 6.45) is 4.74. The van der Waals surface area contributed by atoms with Crippen LogP contribution in [-0.2, 0) is 16.0 Å². The smallest absolute Gasteiger partial charge is 0.248 e. The van der Waals surface area contributed by atoms with E-state index in [4.69, 9.17) is 4.74 Å². The quantitative estimate of drug-likeness (QED) is 0.751. The number of H-pyrrole nitrogens is 1. The number of aromatic nitrogens is 1. The minimum atomic E-state index is -0.0689. The van der Waals surface area contributed by atoms with Crippen molar-refractivity contribution in [1.82, 2.24) is 15.6 Å². The number of fused-ring (bicyclic) bond motifs is 2. The molecule has 0 saturated carbocycles. The van der Waals surface area contributed by atoms with E-state index in [0.29, 0.717) is 12.0 Å². The van der Waals surface area contributed by atoms with Gasteiger partial charge in [0.2, 0.25) is 11.5 Å². The summed E-state index contributed by atoms with van der Waals surface area (Å²) in [6, 6.07) is 3.93. The van der Waals surface area contributed by atoms with Crippen LogP contribution in [0.3, 0.4) is 0 Å². The van der Waals surface area contributed by atoms with Crippen molar-refractivity contribution in [1.29, 1.82) is 0 Å². The standard InChI is InChI=1S/C18H25N3O3/c22-17-5-4-13-15(20-17)2-1-3-16(13)21-18(23)11-8-12-10-24-7-6-14(12)19-9-11/h4-5,11-12,14,16,19H,1-3,6-10H2,(H,20,22)(H,21,23). The minimum absolute atomic E-state index is 0.00101. The maximum atomic E-state index is 12.8. The molecule has 130 valence electrons. The van der Waals surface area contributed by atoms with E-state index in [-0.39, 0.29) is 23.4 Å². The molecule has 3 heterocycles. The molecule has 2 aliphatic heterocycles. The van der Waals surface area contributed by atoms with Gasteiger partial charge in [0.1, 0.15) is 0 Å². The lowest BCUT2D eigenvalue weighted by Gasteiger charge is -2.39. The summed E-state index contributed by atoms with van der Waals surface area (Å²) in [5, 5.41) is 6.75. The largest absolute Gasteiger partial charge is 0.381 e. The van der Waals surface area contributed by atoms with Crippen molar-refractivity contribution < 1.29 is 9.53 Å². The van der Waals surface area contributed by atoms with Crippen molar-refractivity contribution >= 4 is 5.91 Å². The summed E-state index contributed by atoms with van der Waals surface area (Å²) in [6.45, 7) is 2.33.